The summed E-state index contributed by atoms with van der Waals surface area (Å²) in [6.07, 6.45) is 2.71. The minimum atomic E-state index is -1.09. The fourth-order valence-corrected chi connectivity index (χ4v) is 7.21. The Balaban J connectivity index is 1.28. The molecule has 258 valence electrons. The molecule has 0 saturated carbocycles. The fourth-order valence-electron chi connectivity index (χ4n) is 7.21. The molecule has 0 spiro atoms. The number of aromatic hydroxyl groups is 1. The van der Waals surface area contributed by atoms with Gasteiger partial charge < -0.3 is 35.7 Å². The zero-order valence-corrected chi connectivity index (χ0v) is 27.6. The second-order valence-corrected chi connectivity index (χ2v) is 13.2. The first-order valence-corrected chi connectivity index (χ1v) is 17.1. The maximum Gasteiger partial charge on any atom is 0.408 e. The average molecular weight is 669 g/mol. The second kappa shape index (κ2) is 15.2. The Labute approximate surface area is 284 Å². The number of aliphatic hydroxyl groups is 1. The predicted molar refractivity (Wildman–Crippen MR) is 186 cm³/mol. The Hall–Kier alpha value is -4.71. The smallest absolute Gasteiger partial charge is 0.408 e. The first kappa shape index (κ1) is 34.2. The van der Waals surface area contributed by atoms with E-state index in [1.54, 1.807) is 24.3 Å². The number of aromatic amines is 1. The standard InChI is InChI=1S/C38H44N4O7/c1-2-3-9-30(39-21-32(44)28-10-12-31(43)36-29(28)11-13-34(45)40-36)25-18-26(20-27(19-25)37(46)47)35(24-7-5-4-6-8-24)41-38(48)49-33-22-42-16-14-23(33)15-17-42/h4-8,10-13,18-20,23,30,32-33,35,39,43-44H,2-3,9,14-17,21-22H2,1H3,(H,40,45)(H,41,48)(H,46,47)/t30?,32-,33-,35?/m0/s1. The fraction of sp³-hybridized carbons (Fsp3) is 0.395. The lowest BCUT2D eigenvalue weighted by molar-refractivity contribution is -0.0336. The number of hydrogen-bond donors (Lipinski definition) is 6. The maximum atomic E-state index is 13.4. The highest BCUT2D eigenvalue weighted by Gasteiger charge is 2.37. The van der Waals surface area contributed by atoms with Gasteiger partial charge in [0.1, 0.15) is 11.9 Å². The largest absolute Gasteiger partial charge is 0.506 e. The number of rotatable bonds is 13. The third kappa shape index (κ3) is 7.96. The van der Waals surface area contributed by atoms with Crippen LogP contribution in [0.1, 0.15) is 89.8 Å². The molecule has 3 saturated heterocycles. The van der Waals surface area contributed by atoms with E-state index in [0.717, 1.165) is 50.9 Å². The predicted octanol–water partition coefficient (Wildman–Crippen LogP) is 5.40. The topological polar surface area (TPSA) is 164 Å². The van der Waals surface area contributed by atoms with Crippen LogP contribution in [-0.4, -0.2) is 69.5 Å². The number of phenols is 1. The van der Waals surface area contributed by atoms with Crippen molar-refractivity contribution in [3.8, 4) is 5.75 Å². The summed E-state index contributed by atoms with van der Waals surface area (Å²) < 4.78 is 5.98. The number of hydrogen-bond acceptors (Lipinski definition) is 8. The van der Waals surface area contributed by atoms with E-state index in [-0.39, 0.29) is 41.1 Å². The van der Waals surface area contributed by atoms with Crippen molar-refractivity contribution in [1.82, 2.24) is 20.5 Å². The van der Waals surface area contributed by atoms with Gasteiger partial charge in [-0.15, -0.1) is 0 Å². The number of H-pyrrole nitrogens is 1. The zero-order chi connectivity index (χ0) is 34.5. The number of carboxylic acid groups (broad SMARTS) is 1. The molecule has 4 atom stereocenters. The van der Waals surface area contributed by atoms with Crippen LogP contribution in [0, 0.1) is 5.92 Å². The lowest BCUT2D eigenvalue weighted by atomic mass is 9.86. The molecule has 11 heteroatoms. The van der Waals surface area contributed by atoms with E-state index in [2.05, 4.69) is 27.4 Å². The number of unbranched alkanes of at least 4 members (excludes halogenated alkanes) is 1. The van der Waals surface area contributed by atoms with Gasteiger partial charge in [0.2, 0.25) is 5.56 Å². The van der Waals surface area contributed by atoms with Crippen molar-refractivity contribution >= 4 is 23.0 Å². The first-order chi connectivity index (χ1) is 23.7. The van der Waals surface area contributed by atoms with Gasteiger partial charge in [-0.3, -0.25) is 9.69 Å². The number of amides is 1. The molecule has 3 aliphatic rings. The van der Waals surface area contributed by atoms with E-state index in [9.17, 15) is 29.7 Å². The highest BCUT2D eigenvalue weighted by Crippen LogP contribution is 2.33. The first-order valence-electron chi connectivity index (χ1n) is 17.1. The number of benzene rings is 3. The van der Waals surface area contributed by atoms with Crippen LogP contribution in [0.2, 0.25) is 0 Å². The number of ether oxygens (including phenoxy) is 1. The summed E-state index contributed by atoms with van der Waals surface area (Å²) in [6, 6.07) is 19.5. The Kier molecular flexibility index (Phi) is 10.6. The summed E-state index contributed by atoms with van der Waals surface area (Å²) in [6.45, 7) is 4.97. The van der Waals surface area contributed by atoms with Gasteiger partial charge in [0, 0.05) is 30.6 Å². The summed E-state index contributed by atoms with van der Waals surface area (Å²) >= 11 is 0. The minimum Gasteiger partial charge on any atom is -0.506 e. The summed E-state index contributed by atoms with van der Waals surface area (Å²) in [7, 11) is 0. The van der Waals surface area contributed by atoms with Gasteiger partial charge in [-0.05, 0) is 84.8 Å². The van der Waals surface area contributed by atoms with Gasteiger partial charge >= 0.3 is 12.1 Å². The molecule has 6 N–H and O–H groups in total. The van der Waals surface area contributed by atoms with Crippen molar-refractivity contribution in [3.05, 3.63) is 111 Å². The number of aliphatic hydroxyl groups excluding tert-OH is 1. The number of fused-ring (bicyclic) bond motifs is 4. The summed E-state index contributed by atoms with van der Waals surface area (Å²) in [5, 5.41) is 38.8. The van der Waals surface area contributed by atoms with Crippen molar-refractivity contribution in [2.24, 2.45) is 5.92 Å². The van der Waals surface area contributed by atoms with Crippen molar-refractivity contribution in [3.63, 3.8) is 0 Å². The van der Waals surface area contributed by atoms with E-state index in [1.165, 1.54) is 12.1 Å². The third-order valence-electron chi connectivity index (χ3n) is 9.88. The molecule has 11 nitrogen and oxygen atoms in total. The minimum absolute atomic E-state index is 0.0818. The van der Waals surface area contributed by atoms with Crippen molar-refractivity contribution in [2.45, 2.75) is 63.3 Å². The van der Waals surface area contributed by atoms with Crippen LogP contribution in [0.3, 0.4) is 0 Å². The van der Waals surface area contributed by atoms with Gasteiger partial charge in [0.25, 0.3) is 0 Å². The van der Waals surface area contributed by atoms with Crippen LogP contribution in [0.25, 0.3) is 10.9 Å². The molecule has 4 heterocycles. The molecule has 1 amide bonds. The number of pyridine rings is 1. The number of piperidine rings is 3. The van der Waals surface area contributed by atoms with Crippen LogP contribution < -0.4 is 16.2 Å². The monoisotopic (exact) mass is 668 g/mol. The van der Waals surface area contributed by atoms with Crippen molar-refractivity contribution in [1.29, 1.82) is 0 Å². The number of aromatic nitrogens is 1. The Morgan fingerprint density at radius 2 is 1.76 bits per heavy atom. The number of carboxylic acids is 1. The second-order valence-electron chi connectivity index (χ2n) is 13.2. The molecule has 2 bridgehead atoms. The number of nitrogens with zero attached hydrogens (tertiary/aromatic N) is 1. The number of carbonyl (C=O) groups excluding carboxylic acids is 1. The Morgan fingerprint density at radius 1 is 1.00 bits per heavy atom. The molecule has 3 aliphatic heterocycles. The number of nitrogens with one attached hydrogen (secondary N) is 3. The van der Waals surface area contributed by atoms with Crippen LogP contribution in [0.4, 0.5) is 4.79 Å². The summed E-state index contributed by atoms with van der Waals surface area (Å²) in [4.78, 5) is 42.7. The normalized spacial score (nSPS) is 20.4. The van der Waals surface area contributed by atoms with Crippen molar-refractivity contribution in [2.75, 3.05) is 26.2 Å². The SMILES string of the molecule is CCCCC(NC[C@H](O)c1ccc(O)c2[nH]c(=O)ccc12)c1cc(C(=O)O)cc(C(NC(=O)O[C@H]2CN3CCC2CC3)c2ccccc2)c1. The quantitative estimate of drug-likeness (QED) is 0.110. The molecule has 1 aromatic heterocycles. The number of alkyl carbamates (subject to hydrolysis) is 1. The van der Waals surface area contributed by atoms with Crippen LogP contribution in [0.15, 0.2) is 77.6 Å². The van der Waals surface area contributed by atoms with E-state index in [4.69, 9.17) is 4.74 Å². The molecule has 3 aromatic carbocycles. The van der Waals surface area contributed by atoms with Crippen molar-refractivity contribution < 1.29 is 29.6 Å². The number of phenolic OH excluding ortho intramolecular Hbond substituents is 1. The van der Waals surface area contributed by atoms with E-state index >= 15 is 0 Å². The zero-order valence-electron chi connectivity index (χ0n) is 27.6. The van der Waals surface area contributed by atoms with Crippen LogP contribution >= 0.6 is 0 Å². The summed E-state index contributed by atoms with van der Waals surface area (Å²) in [5.41, 5.74) is 2.59. The maximum absolute atomic E-state index is 13.4. The van der Waals surface area contributed by atoms with Crippen LogP contribution in [0.5, 0.6) is 5.75 Å². The molecule has 4 aromatic rings. The molecule has 49 heavy (non-hydrogen) atoms. The van der Waals surface area contributed by atoms with Gasteiger partial charge in [-0.1, -0.05) is 62.2 Å². The highest BCUT2D eigenvalue weighted by molar-refractivity contribution is 5.88. The lowest BCUT2D eigenvalue weighted by Crippen LogP contribution is -2.52. The van der Waals surface area contributed by atoms with E-state index in [0.29, 0.717) is 34.4 Å². The molecular weight excluding hydrogens is 624 g/mol. The van der Waals surface area contributed by atoms with Crippen LogP contribution in [-0.2, 0) is 4.74 Å². The number of carbonyl (C=O) groups is 2. The molecule has 7 rings (SSSR count). The average Bonchev–Trinajstić information content (AvgIpc) is 3.11. The lowest BCUT2D eigenvalue weighted by Gasteiger charge is -2.43. The molecular formula is C38H44N4O7. The highest BCUT2D eigenvalue weighted by atomic mass is 16.6. The molecule has 0 aliphatic carbocycles. The number of aromatic carboxylic acids is 1. The molecule has 2 unspecified atom stereocenters. The van der Waals surface area contributed by atoms with Gasteiger partial charge in [-0.25, -0.2) is 9.59 Å². The Morgan fingerprint density at radius 3 is 2.45 bits per heavy atom. The van der Waals surface area contributed by atoms with Gasteiger partial charge in [-0.2, -0.15) is 0 Å². The third-order valence-corrected chi connectivity index (χ3v) is 9.88. The molecule has 0 radical (unpaired) electrons. The molecule has 3 fully saturated rings. The van der Waals surface area contributed by atoms with Gasteiger partial charge in [0.05, 0.1) is 23.2 Å². The van der Waals surface area contributed by atoms with Gasteiger partial charge in [0.15, 0.2) is 0 Å². The Bertz CT molecular complexity index is 1840. The summed E-state index contributed by atoms with van der Waals surface area (Å²) in [5.74, 6) is -0.844. The van der Waals surface area contributed by atoms with E-state index in [1.807, 2.05) is 36.4 Å². The van der Waals surface area contributed by atoms with E-state index < -0.39 is 24.2 Å².